The molecule has 1 aromatic heterocycles. The van der Waals surface area contributed by atoms with Crippen LogP contribution >= 0.6 is 34.2 Å². The average Bonchev–Trinajstić information content (AvgIpc) is 3.27. The fraction of sp³-hybridized carbons (Fsp3) is 0.176. The van der Waals surface area contributed by atoms with Crippen molar-refractivity contribution < 1.29 is 9.21 Å². The van der Waals surface area contributed by atoms with Gasteiger partial charge in [-0.25, -0.2) is 4.98 Å². The van der Waals surface area contributed by atoms with Gasteiger partial charge >= 0.3 is 0 Å². The lowest BCUT2D eigenvalue weighted by molar-refractivity contribution is 0.102. The lowest BCUT2D eigenvalue weighted by Gasteiger charge is -2.07. The van der Waals surface area contributed by atoms with Gasteiger partial charge in [-0.05, 0) is 71.8 Å². The van der Waals surface area contributed by atoms with Crippen molar-refractivity contribution >= 4 is 56.9 Å². The molecule has 0 atom stereocenters. The fourth-order valence-corrected chi connectivity index (χ4v) is 3.52. The van der Waals surface area contributed by atoms with Crippen LogP contribution in [-0.2, 0) is 0 Å². The molecule has 1 saturated carbocycles. The van der Waals surface area contributed by atoms with Crippen molar-refractivity contribution in [2.75, 3.05) is 5.32 Å². The van der Waals surface area contributed by atoms with Crippen LogP contribution in [0.15, 0.2) is 40.8 Å². The molecule has 0 unspecified atom stereocenters. The van der Waals surface area contributed by atoms with Crippen LogP contribution in [0.1, 0.15) is 35.0 Å². The number of rotatable bonds is 3. The number of hydrogen-bond donors (Lipinski definition) is 1. The molecule has 3 aromatic rings. The molecule has 116 valence electrons. The van der Waals surface area contributed by atoms with E-state index in [0.29, 0.717) is 22.2 Å². The molecule has 23 heavy (non-hydrogen) atoms. The minimum Gasteiger partial charge on any atom is -0.440 e. The smallest absolute Gasteiger partial charge is 0.256 e. The number of aromatic nitrogens is 1. The molecule has 0 bridgehead atoms. The highest BCUT2D eigenvalue weighted by Gasteiger charge is 2.28. The van der Waals surface area contributed by atoms with Gasteiger partial charge in [-0.1, -0.05) is 11.6 Å². The van der Waals surface area contributed by atoms with Crippen molar-refractivity contribution in [3.05, 3.63) is 56.4 Å². The molecule has 1 aliphatic rings. The number of nitrogens with one attached hydrogen (secondary N) is 1. The lowest BCUT2D eigenvalue weighted by atomic mass is 10.2. The first-order chi connectivity index (χ1) is 11.1. The van der Waals surface area contributed by atoms with E-state index in [0.717, 1.165) is 33.4 Å². The van der Waals surface area contributed by atoms with Crippen LogP contribution in [0.4, 0.5) is 5.69 Å². The van der Waals surface area contributed by atoms with Crippen molar-refractivity contribution in [1.82, 2.24) is 4.98 Å². The predicted molar refractivity (Wildman–Crippen MR) is 98.1 cm³/mol. The number of hydrogen-bond acceptors (Lipinski definition) is 3. The van der Waals surface area contributed by atoms with E-state index in [1.54, 1.807) is 18.2 Å². The van der Waals surface area contributed by atoms with E-state index < -0.39 is 0 Å². The molecule has 1 amide bonds. The zero-order chi connectivity index (χ0) is 16.0. The second-order valence-corrected chi connectivity index (χ2v) is 7.19. The van der Waals surface area contributed by atoms with Gasteiger partial charge in [0.1, 0.15) is 5.52 Å². The summed E-state index contributed by atoms with van der Waals surface area (Å²) >= 11 is 8.03. The van der Waals surface area contributed by atoms with Crippen molar-refractivity contribution in [2.45, 2.75) is 18.8 Å². The molecule has 1 fully saturated rings. The maximum absolute atomic E-state index is 12.4. The summed E-state index contributed by atoms with van der Waals surface area (Å²) in [7, 11) is 0. The minimum absolute atomic E-state index is 0.170. The Morgan fingerprint density at radius 2 is 2.09 bits per heavy atom. The Morgan fingerprint density at radius 1 is 1.26 bits per heavy atom. The van der Waals surface area contributed by atoms with Gasteiger partial charge in [0, 0.05) is 20.2 Å². The zero-order valence-electron chi connectivity index (χ0n) is 12.0. The fourth-order valence-electron chi connectivity index (χ4n) is 2.40. The summed E-state index contributed by atoms with van der Waals surface area (Å²) in [4.78, 5) is 16.9. The van der Waals surface area contributed by atoms with E-state index in [1.165, 1.54) is 0 Å². The second-order valence-electron chi connectivity index (χ2n) is 5.59. The monoisotopic (exact) mass is 438 g/mol. The Labute approximate surface area is 151 Å². The Balaban J connectivity index is 1.60. The van der Waals surface area contributed by atoms with Gasteiger partial charge < -0.3 is 9.73 Å². The van der Waals surface area contributed by atoms with Gasteiger partial charge in [-0.2, -0.15) is 0 Å². The summed E-state index contributed by atoms with van der Waals surface area (Å²) < 4.78 is 6.54. The number of fused-ring (bicyclic) bond motifs is 1. The average molecular weight is 439 g/mol. The van der Waals surface area contributed by atoms with Crippen molar-refractivity contribution in [3.8, 4) is 0 Å². The highest BCUT2D eigenvalue weighted by Crippen LogP contribution is 2.40. The van der Waals surface area contributed by atoms with Gasteiger partial charge in [0.2, 0.25) is 0 Å². The van der Waals surface area contributed by atoms with E-state index in [-0.39, 0.29) is 5.91 Å². The first kappa shape index (κ1) is 15.0. The molecule has 0 radical (unpaired) electrons. The summed E-state index contributed by atoms with van der Waals surface area (Å²) in [6.07, 6.45) is 2.29. The van der Waals surface area contributed by atoms with Crippen LogP contribution in [0.25, 0.3) is 11.1 Å². The van der Waals surface area contributed by atoms with Crippen LogP contribution < -0.4 is 5.32 Å². The lowest BCUT2D eigenvalue weighted by Crippen LogP contribution is -2.13. The maximum Gasteiger partial charge on any atom is 0.256 e. The van der Waals surface area contributed by atoms with Gasteiger partial charge in [0.15, 0.2) is 11.5 Å². The number of carbonyl (C=O) groups is 1. The topological polar surface area (TPSA) is 55.1 Å². The van der Waals surface area contributed by atoms with E-state index in [4.69, 9.17) is 16.0 Å². The molecule has 1 aliphatic carbocycles. The Kier molecular flexibility index (Phi) is 3.77. The molecule has 0 spiro atoms. The number of nitrogens with zero attached hydrogens (tertiary/aromatic N) is 1. The molecule has 4 rings (SSSR count). The Morgan fingerprint density at radius 3 is 2.83 bits per heavy atom. The molecular weight excluding hydrogens is 427 g/mol. The highest BCUT2D eigenvalue weighted by atomic mass is 127. The number of oxazole rings is 1. The Bertz CT molecular complexity index is 918. The van der Waals surface area contributed by atoms with E-state index in [1.807, 2.05) is 18.2 Å². The first-order valence-corrected chi connectivity index (χ1v) is 8.73. The molecule has 0 saturated heterocycles. The highest BCUT2D eigenvalue weighted by molar-refractivity contribution is 14.1. The largest absolute Gasteiger partial charge is 0.440 e. The molecule has 1 heterocycles. The minimum atomic E-state index is -0.170. The van der Waals surface area contributed by atoms with Crippen LogP contribution in [0.2, 0.25) is 5.02 Å². The quantitative estimate of drug-likeness (QED) is 0.571. The third-order valence-electron chi connectivity index (χ3n) is 3.76. The summed E-state index contributed by atoms with van der Waals surface area (Å²) in [5, 5.41) is 3.51. The standard InChI is InChI=1S/C17H12ClIN2O2/c18-10-3-5-12(13(19)7-10)16(22)20-11-4-6-15-14(8-11)21-17(23-15)9-1-2-9/h3-9H,1-2H2,(H,20,22). The summed E-state index contributed by atoms with van der Waals surface area (Å²) in [5.41, 5.74) is 2.82. The van der Waals surface area contributed by atoms with E-state index in [2.05, 4.69) is 32.9 Å². The molecule has 4 nitrogen and oxygen atoms in total. The molecule has 2 aromatic carbocycles. The van der Waals surface area contributed by atoms with Crippen LogP contribution in [0.3, 0.4) is 0 Å². The third kappa shape index (κ3) is 3.07. The number of halogens is 2. The first-order valence-electron chi connectivity index (χ1n) is 7.27. The van der Waals surface area contributed by atoms with Crippen molar-refractivity contribution in [2.24, 2.45) is 0 Å². The number of benzene rings is 2. The van der Waals surface area contributed by atoms with E-state index in [9.17, 15) is 4.79 Å². The number of carbonyl (C=O) groups excluding carboxylic acids is 1. The molecule has 0 aliphatic heterocycles. The van der Waals surface area contributed by atoms with Crippen molar-refractivity contribution in [1.29, 1.82) is 0 Å². The van der Waals surface area contributed by atoms with Gasteiger partial charge in [0.25, 0.3) is 5.91 Å². The van der Waals surface area contributed by atoms with Crippen LogP contribution in [0.5, 0.6) is 0 Å². The number of anilines is 1. The predicted octanol–water partition coefficient (Wildman–Crippen LogP) is 5.22. The third-order valence-corrected chi connectivity index (χ3v) is 4.89. The van der Waals surface area contributed by atoms with Crippen molar-refractivity contribution in [3.63, 3.8) is 0 Å². The summed E-state index contributed by atoms with van der Waals surface area (Å²) in [6, 6.07) is 10.7. The summed E-state index contributed by atoms with van der Waals surface area (Å²) in [5.74, 6) is 1.10. The second kappa shape index (κ2) is 5.79. The zero-order valence-corrected chi connectivity index (χ0v) is 14.9. The molecule has 1 N–H and O–H groups in total. The maximum atomic E-state index is 12.4. The van der Waals surface area contributed by atoms with Crippen LogP contribution in [0, 0.1) is 3.57 Å². The molecular formula is C17H12ClIN2O2. The van der Waals surface area contributed by atoms with Crippen LogP contribution in [-0.4, -0.2) is 10.9 Å². The summed E-state index contributed by atoms with van der Waals surface area (Å²) in [6.45, 7) is 0. The SMILES string of the molecule is O=C(Nc1ccc2oc(C3CC3)nc2c1)c1ccc(Cl)cc1I. The molecule has 6 heteroatoms. The van der Waals surface area contributed by atoms with E-state index >= 15 is 0 Å². The Hall–Kier alpha value is -1.60. The van der Waals surface area contributed by atoms with Gasteiger partial charge in [0.05, 0.1) is 5.56 Å². The van der Waals surface area contributed by atoms with Gasteiger partial charge in [-0.3, -0.25) is 4.79 Å². The number of amides is 1. The van der Waals surface area contributed by atoms with Gasteiger partial charge in [-0.15, -0.1) is 0 Å². The normalized spacial score (nSPS) is 14.2.